The summed E-state index contributed by atoms with van der Waals surface area (Å²) in [5.74, 6) is -0.672. The van der Waals surface area contributed by atoms with E-state index in [1.165, 1.54) is 18.2 Å². The molecule has 1 aromatic carbocycles. The summed E-state index contributed by atoms with van der Waals surface area (Å²) in [5, 5.41) is 9.36. The Morgan fingerprint density at radius 3 is 2.54 bits per heavy atom. The number of hydrogen-bond acceptors (Lipinski definition) is 7. The monoisotopic (exact) mass is 402 g/mol. The average molecular weight is 403 g/mol. The van der Waals surface area contributed by atoms with Gasteiger partial charge in [0.1, 0.15) is 5.76 Å². The minimum absolute atomic E-state index is 0.0265. The second-order valence-electron chi connectivity index (χ2n) is 5.16. The first kappa shape index (κ1) is 18.8. The predicted molar refractivity (Wildman–Crippen MR) is 92.3 cm³/mol. The van der Waals surface area contributed by atoms with Crippen molar-refractivity contribution in [3.8, 4) is 22.8 Å². The highest BCUT2D eigenvalue weighted by Gasteiger charge is 2.35. The molecule has 0 fully saturated rings. The van der Waals surface area contributed by atoms with Gasteiger partial charge in [0, 0.05) is 11.1 Å². The number of fused-ring (bicyclic) bond motifs is 1. The topological polar surface area (TPSA) is 104 Å². The molecular formula is C16H16ClO8P. The fourth-order valence-corrected chi connectivity index (χ4v) is 4.12. The van der Waals surface area contributed by atoms with Gasteiger partial charge in [-0.15, -0.1) is 0 Å². The quantitative estimate of drug-likeness (QED) is 0.699. The van der Waals surface area contributed by atoms with Gasteiger partial charge < -0.3 is 28.0 Å². The van der Waals surface area contributed by atoms with E-state index in [4.69, 9.17) is 39.6 Å². The van der Waals surface area contributed by atoms with Crippen LogP contribution in [-0.4, -0.2) is 30.6 Å². The molecule has 2 aromatic rings. The molecule has 0 saturated heterocycles. The van der Waals surface area contributed by atoms with E-state index in [0.717, 1.165) is 0 Å². The van der Waals surface area contributed by atoms with E-state index in [2.05, 4.69) is 0 Å². The van der Waals surface area contributed by atoms with Crippen LogP contribution in [0.15, 0.2) is 28.7 Å². The summed E-state index contributed by atoms with van der Waals surface area (Å²) in [6.07, 6.45) is -1.48. The van der Waals surface area contributed by atoms with Crippen LogP contribution in [0.3, 0.4) is 0 Å². The first-order valence-electron chi connectivity index (χ1n) is 7.77. The lowest BCUT2D eigenvalue weighted by Crippen LogP contribution is -2.28. The normalized spacial score (nSPS) is 16.0. The Balaban J connectivity index is 2.01. The van der Waals surface area contributed by atoms with Crippen molar-refractivity contribution >= 4 is 30.7 Å². The number of carboxylic acid groups (broad SMARTS) is 1. The summed E-state index contributed by atoms with van der Waals surface area (Å²) in [5.41, 5.74) is 0.390. The van der Waals surface area contributed by atoms with Gasteiger partial charge in [-0.3, -0.25) is 4.57 Å². The first-order chi connectivity index (χ1) is 12.4. The van der Waals surface area contributed by atoms with Gasteiger partial charge in [-0.2, -0.15) is 0 Å². The van der Waals surface area contributed by atoms with Crippen molar-refractivity contribution in [2.24, 2.45) is 0 Å². The molecule has 26 heavy (non-hydrogen) atoms. The summed E-state index contributed by atoms with van der Waals surface area (Å²) >= 11 is 6.07. The fraction of sp³-hybridized carbons (Fsp3) is 0.312. The molecule has 1 atom stereocenters. The van der Waals surface area contributed by atoms with Crippen LogP contribution in [0.1, 0.15) is 13.8 Å². The molecule has 1 aliphatic heterocycles. The molecule has 3 rings (SSSR count). The highest BCUT2D eigenvalue weighted by molar-refractivity contribution is 7.61. The Bertz CT molecular complexity index is 867. The highest BCUT2D eigenvalue weighted by Crippen LogP contribution is 2.50. The third-order valence-electron chi connectivity index (χ3n) is 3.41. The summed E-state index contributed by atoms with van der Waals surface area (Å²) < 4.78 is 39.5. The first-order valence-corrected chi connectivity index (χ1v) is 9.69. The van der Waals surface area contributed by atoms with Crippen LogP contribution >= 0.6 is 19.2 Å². The molecule has 2 heterocycles. The number of halogens is 1. The molecule has 1 N–H and O–H groups in total. The number of rotatable bonds is 7. The summed E-state index contributed by atoms with van der Waals surface area (Å²) in [7, 11) is -3.60. The maximum atomic E-state index is 12.8. The zero-order chi connectivity index (χ0) is 18.9. The molecule has 10 heteroatoms. The number of aliphatic carboxylic acids is 1. The van der Waals surface area contributed by atoms with Crippen LogP contribution < -0.4 is 15.0 Å². The largest absolute Gasteiger partial charge is 0.476 e. The molecule has 0 saturated carbocycles. The summed E-state index contributed by atoms with van der Waals surface area (Å²) in [6.45, 7) is 3.74. The van der Waals surface area contributed by atoms with Gasteiger partial charge in [-0.25, -0.2) is 4.79 Å². The molecule has 0 aliphatic carbocycles. The second-order valence-corrected chi connectivity index (χ2v) is 7.55. The van der Waals surface area contributed by atoms with Crippen LogP contribution in [0.5, 0.6) is 11.5 Å². The highest BCUT2D eigenvalue weighted by atomic mass is 35.5. The zero-order valence-corrected chi connectivity index (χ0v) is 15.6. The minimum Gasteiger partial charge on any atom is -0.476 e. The molecule has 1 unspecified atom stereocenters. The number of carbonyl (C=O) groups is 1. The Kier molecular flexibility index (Phi) is 5.29. The van der Waals surface area contributed by atoms with Crippen molar-refractivity contribution in [3.05, 3.63) is 29.3 Å². The Labute approximate surface area is 154 Å². The van der Waals surface area contributed by atoms with E-state index in [-0.39, 0.29) is 36.0 Å². The molecule has 8 nitrogen and oxygen atoms in total. The van der Waals surface area contributed by atoms with E-state index in [1.54, 1.807) is 19.9 Å². The van der Waals surface area contributed by atoms with Crippen LogP contribution in [-0.2, 0) is 18.4 Å². The third-order valence-corrected chi connectivity index (χ3v) is 5.60. The smallest absolute Gasteiger partial charge is 0.396 e. The van der Waals surface area contributed by atoms with E-state index in [1.807, 2.05) is 0 Å². The Morgan fingerprint density at radius 1 is 1.23 bits per heavy atom. The number of hydrogen-bond donors (Lipinski definition) is 1. The molecule has 0 radical (unpaired) electrons. The fourth-order valence-electron chi connectivity index (χ4n) is 2.43. The average Bonchev–Trinajstić information content (AvgIpc) is 3.21. The predicted octanol–water partition coefficient (Wildman–Crippen LogP) is 3.67. The van der Waals surface area contributed by atoms with Gasteiger partial charge in [0.2, 0.25) is 5.50 Å². The molecule has 1 aliphatic rings. The van der Waals surface area contributed by atoms with E-state index in [9.17, 15) is 9.36 Å². The molecule has 1 aromatic heterocycles. The number of benzene rings is 1. The van der Waals surface area contributed by atoms with Crippen LogP contribution in [0.2, 0.25) is 5.02 Å². The molecular weight excluding hydrogens is 387 g/mol. The number of carboxylic acids is 1. The van der Waals surface area contributed by atoms with Crippen LogP contribution in [0.4, 0.5) is 0 Å². The third kappa shape index (κ3) is 3.46. The maximum Gasteiger partial charge on any atom is 0.396 e. The van der Waals surface area contributed by atoms with E-state index >= 15 is 0 Å². The standard InChI is InChI=1S/C16H16ClO8P/c1-3-21-26(20,22-4-2)13-6-5-11(23-13)10-7-9(17)8-12-14(10)25-16(24-12)15(18)19/h5-8,16H,3-4H2,1-2H3,(H,18,19). The molecule has 0 amide bonds. The van der Waals surface area contributed by atoms with Gasteiger partial charge in [-0.1, -0.05) is 11.6 Å². The van der Waals surface area contributed by atoms with Crippen molar-refractivity contribution < 1.29 is 37.4 Å². The second kappa shape index (κ2) is 7.32. The summed E-state index contributed by atoms with van der Waals surface area (Å²) in [4.78, 5) is 11.1. The van der Waals surface area contributed by atoms with Crippen LogP contribution in [0.25, 0.3) is 11.3 Å². The lowest BCUT2D eigenvalue weighted by atomic mass is 10.1. The van der Waals surface area contributed by atoms with E-state index in [0.29, 0.717) is 10.6 Å². The van der Waals surface area contributed by atoms with Crippen molar-refractivity contribution in [2.45, 2.75) is 20.1 Å². The van der Waals surface area contributed by atoms with Gasteiger partial charge in [0.05, 0.1) is 18.8 Å². The Hall–Kier alpha value is -1.99. The number of ether oxygens (including phenoxy) is 2. The van der Waals surface area contributed by atoms with Crippen molar-refractivity contribution in [2.75, 3.05) is 13.2 Å². The molecule has 0 spiro atoms. The zero-order valence-electron chi connectivity index (χ0n) is 13.9. The van der Waals surface area contributed by atoms with Crippen molar-refractivity contribution in [3.63, 3.8) is 0 Å². The summed E-state index contributed by atoms with van der Waals surface area (Å²) in [6, 6.07) is 5.99. The minimum atomic E-state index is -3.60. The lowest BCUT2D eigenvalue weighted by molar-refractivity contribution is -0.154. The Morgan fingerprint density at radius 2 is 1.92 bits per heavy atom. The van der Waals surface area contributed by atoms with Gasteiger partial charge >= 0.3 is 19.9 Å². The van der Waals surface area contributed by atoms with Gasteiger partial charge in [0.25, 0.3) is 0 Å². The van der Waals surface area contributed by atoms with Crippen molar-refractivity contribution in [1.82, 2.24) is 0 Å². The van der Waals surface area contributed by atoms with Gasteiger partial charge in [-0.05, 0) is 32.0 Å². The maximum absolute atomic E-state index is 12.8. The van der Waals surface area contributed by atoms with Crippen molar-refractivity contribution in [1.29, 1.82) is 0 Å². The number of furan rings is 1. The van der Waals surface area contributed by atoms with E-state index < -0.39 is 19.9 Å². The molecule has 0 bridgehead atoms. The lowest BCUT2D eigenvalue weighted by Gasteiger charge is -2.14. The molecule has 140 valence electrons. The SMILES string of the molecule is CCOP(=O)(OCC)c1ccc(-c2cc(Cl)cc3c2OC(C(=O)O)O3)o1. The van der Waals surface area contributed by atoms with Gasteiger partial charge in [0.15, 0.2) is 11.5 Å². The van der Waals surface area contributed by atoms with Crippen LogP contribution in [0, 0.1) is 0 Å².